The van der Waals surface area contributed by atoms with Crippen LogP contribution < -0.4 is 0 Å². The van der Waals surface area contributed by atoms with Gasteiger partial charge in [0.05, 0.1) is 5.52 Å². The van der Waals surface area contributed by atoms with Crippen molar-refractivity contribution in [2.24, 2.45) is 0 Å². The van der Waals surface area contributed by atoms with Gasteiger partial charge >= 0.3 is 0 Å². The summed E-state index contributed by atoms with van der Waals surface area (Å²) in [6.45, 7) is 13.7. The normalized spacial score (nSPS) is 12.1. The molecule has 12 aromatic rings. The minimum atomic E-state index is -0.185. The van der Waals surface area contributed by atoms with Crippen molar-refractivity contribution in [1.29, 1.82) is 0 Å². The van der Waals surface area contributed by atoms with Gasteiger partial charge in [-0.25, -0.2) is 4.98 Å². The molecule has 5 nitrogen and oxygen atoms in total. The van der Waals surface area contributed by atoms with Gasteiger partial charge < -0.3 is 18.0 Å². The molecule has 0 aliphatic carbocycles. The first-order chi connectivity index (χ1) is 35.4. The molecular formula is C68H53N4OPt-3. The minimum Gasteiger partial charge on any atom is -0.510 e. The zero-order valence-electron chi connectivity index (χ0n) is 42.2. The molecule has 1 aliphatic heterocycles. The van der Waals surface area contributed by atoms with Crippen LogP contribution in [0.3, 0.4) is 0 Å². The van der Waals surface area contributed by atoms with E-state index in [0.717, 1.165) is 105 Å². The number of nitrogens with zero attached hydrogens (tertiary/aromatic N) is 4. The van der Waals surface area contributed by atoms with E-state index >= 15 is 0 Å². The molecule has 0 unspecified atom stereocenters. The van der Waals surface area contributed by atoms with Gasteiger partial charge in [0.15, 0.2) is 0 Å². The fourth-order valence-corrected chi connectivity index (χ4v) is 10.7. The Bertz CT molecular complexity index is 4470. The van der Waals surface area contributed by atoms with Crippen molar-refractivity contribution in [3.05, 3.63) is 236 Å². The first-order valence-corrected chi connectivity index (χ1v) is 25.2. The summed E-state index contributed by atoms with van der Waals surface area (Å²) in [5.41, 5.74) is 15.7. The molecular weight excluding hydrogens is 1080 g/mol. The molecule has 0 amide bonds. The van der Waals surface area contributed by atoms with Crippen LogP contribution >= 0.6 is 0 Å². The molecule has 3 aromatic heterocycles. The number of rotatable bonds is 2. The van der Waals surface area contributed by atoms with E-state index in [4.69, 9.17) is 9.40 Å². The molecule has 74 heavy (non-hydrogen) atoms. The molecule has 0 saturated heterocycles. The molecule has 364 valence electrons. The number of para-hydroxylation sites is 3. The van der Waals surface area contributed by atoms with E-state index in [2.05, 4.69) is 262 Å². The number of fused-ring (bicyclic) bond motifs is 23. The molecule has 0 spiro atoms. The third-order valence-corrected chi connectivity index (χ3v) is 14.5. The van der Waals surface area contributed by atoms with E-state index < -0.39 is 0 Å². The molecule has 9 aromatic carbocycles. The predicted octanol–water partition coefficient (Wildman–Crippen LogP) is 18.1. The summed E-state index contributed by atoms with van der Waals surface area (Å²) in [6.07, 6.45) is 2.22. The number of hydrogen-bond acceptors (Lipinski definition) is 2. The van der Waals surface area contributed by atoms with Crippen LogP contribution in [-0.2, 0) is 31.9 Å². The van der Waals surface area contributed by atoms with Crippen LogP contribution in [0.1, 0.15) is 52.7 Å². The Morgan fingerprint density at radius 3 is 1.95 bits per heavy atom. The molecule has 0 N–H and O–H groups in total. The zero-order chi connectivity index (χ0) is 49.6. The predicted molar refractivity (Wildman–Crippen MR) is 305 cm³/mol. The standard InChI is InChI=1S/C68H53N4O.Pt/c1-67(2,3)49-23-15-21-47(37-49)55-28-17-29-58-56-27-11-10-26-54(56)46-20-14-22-48(36-46)60-39-50(68(4,5)6)40-65(69-60)72-61-35-32-45(44-18-8-7-9-19-44)38-59(61)57-34-33-53(42-64(57)72)73-52-25-16-24-51(41-52)70-43-71(66(55)58)63-31-13-12-30-62(63)70;/h7-40,43H,1-6H3;/q-3;. The smallest absolute Gasteiger partial charge is 0.136 e. The fourth-order valence-electron chi connectivity index (χ4n) is 10.7. The Morgan fingerprint density at radius 2 is 1.14 bits per heavy atom. The van der Waals surface area contributed by atoms with Gasteiger partial charge in [-0.1, -0.05) is 199 Å². The van der Waals surface area contributed by atoms with Gasteiger partial charge in [0.2, 0.25) is 0 Å². The first kappa shape index (κ1) is 46.9. The topological polar surface area (TPSA) is 40.3 Å². The summed E-state index contributed by atoms with van der Waals surface area (Å²) in [5, 5.41) is 7.69. The molecule has 0 fully saturated rings. The van der Waals surface area contributed by atoms with Gasteiger partial charge in [0, 0.05) is 49.5 Å². The number of benzene rings is 9. The molecule has 4 heterocycles. The summed E-state index contributed by atoms with van der Waals surface area (Å²) in [5.74, 6) is 0. The number of aromatic nitrogens is 4. The van der Waals surface area contributed by atoms with Gasteiger partial charge in [-0.15, -0.1) is 29.1 Å². The van der Waals surface area contributed by atoms with E-state index in [1.807, 2.05) is 18.2 Å². The largest absolute Gasteiger partial charge is 0.510 e. The van der Waals surface area contributed by atoms with Gasteiger partial charge in [-0.2, -0.15) is 24.3 Å². The summed E-state index contributed by atoms with van der Waals surface area (Å²) >= 11 is 0. The van der Waals surface area contributed by atoms with Gasteiger partial charge in [0.1, 0.15) is 5.65 Å². The maximum absolute atomic E-state index is 6.84. The summed E-state index contributed by atoms with van der Waals surface area (Å²) in [4.78, 5) is 5.61. The van der Waals surface area contributed by atoms with Crippen molar-refractivity contribution in [2.45, 2.75) is 52.4 Å². The van der Waals surface area contributed by atoms with Crippen molar-refractivity contribution in [1.82, 2.24) is 18.5 Å². The SMILES string of the molecule is CC(C)(C)c1cccc(-c2cccc3c4ccccc4c4cccc(c4)c4cc(C(C)(C)C)cc(n4)n4c5[c-]c(ccc5c5cc(-c6ccccc6)ccc54)oc4[c-]c(ccc4)n4[cH-]n(c23)-c2ccccc2-4)c1.[Pt]. The second-order valence-electron chi connectivity index (χ2n) is 21.4. The second kappa shape index (κ2) is 18.1. The average molecular weight is 1140 g/mol. The Labute approximate surface area is 445 Å². The van der Waals surface area contributed by atoms with Crippen molar-refractivity contribution < 1.29 is 25.5 Å². The van der Waals surface area contributed by atoms with Crippen molar-refractivity contribution in [3.63, 3.8) is 0 Å². The second-order valence-corrected chi connectivity index (χ2v) is 21.4. The van der Waals surface area contributed by atoms with E-state index in [0.29, 0.717) is 11.2 Å². The number of pyridine rings is 1. The minimum absolute atomic E-state index is 0. The summed E-state index contributed by atoms with van der Waals surface area (Å²) in [7, 11) is 0. The van der Waals surface area contributed by atoms with Crippen LogP contribution in [0, 0.1) is 12.1 Å². The van der Waals surface area contributed by atoms with Crippen LogP contribution in [0.15, 0.2) is 217 Å². The average Bonchev–Trinajstić information content (AvgIpc) is 3.96. The van der Waals surface area contributed by atoms with Crippen LogP contribution in [0.4, 0.5) is 0 Å². The first-order valence-electron chi connectivity index (χ1n) is 25.2. The third-order valence-electron chi connectivity index (χ3n) is 14.5. The summed E-state index contributed by atoms with van der Waals surface area (Å²) in [6, 6.07) is 81.8. The Balaban J connectivity index is 0.00000556. The number of hydrogen-bond donors (Lipinski definition) is 0. The van der Waals surface area contributed by atoms with Crippen molar-refractivity contribution in [2.75, 3.05) is 0 Å². The quantitative estimate of drug-likeness (QED) is 0.162. The molecule has 13 rings (SSSR count). The van der Waals surface area contributed by atoms with Crippen LogP contribution in [-0.4, -0.2) is 18.5 Å². The Kier molecular flexibility index (Phi) is 11.5. The van der Waals surface area contributed by atoms with Crippen LogP contribution in [0.5, 0.6) is 0 Å². The molecule has 1 aliphatic rings. The summed E-state index contributed by atoms with van der Waals surface area (Å²) < 4.78 is 13.7. The van der Waals surface area contributed by atoms with E-state index in [9.17, 15) is 0 Å². The van der Waals surface area contributed by atoms with Gasteiger partial charge in [-0.05, 0) is 112 Å². The maximum atomic E-state index is 6.84. The number of imidazole rings is 1. The van der Waals surface area contributed by atoms with E-state index in [1.54, 1.807) is 0 Å². The molecule has 6 heteroatoms. The monoisotopic (exact) mass is 1140 g/mol. The molecule has 10 bridgehead atoms. The zero-order valence-corrected chi connectivity index (χ0v) is 44.5. The molecule has 0 saturated carbocycles. The van der Waals surface area contributed by atoms with Crippen LogP contribution in [0.25, 0.3) is 116 Å². The van der Waals surface area contributed by atoms with Crippen molar-refractivity contribution in [3.8, 4) is 33.6 Å². The third kappa shape index (κ3) is 8.17. The Morgan fingerprint density at radius 1 is 0.459 bits per heavy atom. The molecule has 0 atom stereocenters. The van der Waals surface area contributed by atoms with Crippen LogP contribution in [0.2, 0.25) is 0 Å². The Hall–Kier alpha value is -8.11. The van der Waals surface area contributed by atoms with Gasteiger partial charge in [-0.3, -0.25) is 0 Å². The van der Waals surface area contributed by atoms with Gasteiger partial charge in [0.25, 0.3) is 0 Å². The van der Waals surface area contributed by atoms with E-state index in [-0.39, 0.29) is 31.9 Å². The molecule has 0 radical (unpaired) electrons. The fraction of sp³-hybridized carbons (Fsp3) is 0.118. The van der Waals surface area contributed by atoms with E-state index in [1.165, 1.54) is 11.1 Å². The van der Waals surface area contributed by atoms with Crippen molar-refractivity contribution >= 4 is 82.1 Å². The maximum Gasteiger partial charge on any atom is 0.136 e.